The van der Waals surface area contributed by atoms with E-state index in [2.05, 4.69) is 31.2 Å². The third-order valence-electron chi connectivity index (χ3n) is 3.86. The van der Waals surface area contributed by atoms with E-state index in [9.17, 15) is 18.0 Å². The van der Waals surface area contributed by atoms with Gasteiger partial charge < -0.3 is 5.32 Å². The summed E-state index contributed by atoms with van der Waals surface area (Å²) >= 11 is 4.35. The molecule has 0 fully saturated rings. The monoisotopic (exact) mass is 469 g/mol. The quantitative estimate of drug-likeness (QED) is 0.385. The maximum absolute atomic E-state index is 13.1. The lowest BCUT2D eigenvalue weighted by Crippen LogP contribution is -2.23. The van der Waals surface area contributed by atoms with Crippen molar-refractivity contribution in [3.05, 3.63) is 58.3 Å². The molecule has 0 aliphatic carbocycles. The smallest absolute Gasteiger partial charge is 0.324 e. The molecule has 0 spiro atoms. The number of anilines is 1. The Kier molecular flexibility index (Phi) is 5.95. The molecule has 9 heteroatoms. The zero-order chi connectivity index (χ0) is 20.5. The first-order valence-corrected chi connectivity index (χ1v) is 9.90. The molecule has 1 heterocycles. The van der Waals surface area contributed by atoms with Gasteiger partial charge in [-0.15, -0.1) is 0 Å². The number of nitrogens with one attached hydrogen (secondary N) is 1. The number of benzene rings is 2. The average molecular weight is 470 g/mol. The van der Waals surface area contributed by atoms with Gasteiger partial charge in [-0.2, -0.15) is 13.2 Å². The Morgan fingerprint density at radius 2 is 1.89 bits per heavy atom. The molecule has 2 aromatic carbocycles. The molecule has 0 bridgehead atoms. The van der Waals surface area contributed by atoms with E-state index in [1.807, 2.05) is 19.1 Å². The lowest BCUT2D eigenvalue weighted by molar-refractivity contribution is -0.145. The van der Waals surface area contributed by atoms with Crippen LogP contribution in [0.2, 0.25) is 0 Å². The minimum absolute atomic E-state index is 0.114. The molecule has 4 nitrogen and oxygen atoms in total. The van der Waals surface area contributed by atoms with Crippen molar-refractivity contribution in [3.63, 3.8) is 0 Å². The SMILES string of the molecule is Cc1ccc(NC(=O)C(C)Sc2nc(C(F)(F)F)nc3ccccc23)c(Br)c1. The molecule has 1 unspecified atom stereocenters. The van der Waals surface area contributed by atoms with E-state index in [0.717, 1.165) is 21.8 Å². The Balaban J connectivity index is 1.87. The van der Waals surface area contributed by atoms with Crippen LogP contribution in [0.25, 0.3) is 10.9 Å². The summed E-state index contributed by atoms with van der Waals surface area (Å²) in [6.07, 6.45) is -4.67. The number of amides is 1. The minimum atomic E-state index is -4.67. The zero-order valence-electron chi connectivity index (χ0n) is 14.8. The van der Waals surface area contributed by atoms with E-state index in [4.69, 9.17) is 0 Å². The maximum Gasteiger partial charge on any atom is 0.451 e. The van der Waals surface area contributed by atoms with Crippen LogP contribution < -0.4 is 5.32 Å². The van der Waals surface area contributed by atoms with Crippen LogP contribution in [0.1, 0.15) is 18.3 Å². The number of carbonyl (C=O) groups is 1. The van der Waals surface area contributed by atoms with Gasteiger partial charge in [0.25, 0.3) is 0 Å². The third-order valence-corrected chi connectivity index (χ3v) is 5.62. The number of halogens is 4. The van der Waals surface area contributed by atoms with E-state index < -0.39 is 17.3 Å². The van der Waals surface area contributed by atoms with Gasteiger partial charge in [0.05, 0.1) is 16.5 Å². The van der Waals surface area contributed by atoms with Crippen LogP contribution in [0.15, 0.2) is 52.0 Å². The summed E-state index contributed by atoms with van der Waals surface area (Å²) in [5, 5.41) is 2.69. The summed E-state index contributed by atoms with van der Waals surface area (Å²) in [6.45, 7) is 3.54. The molecule has 0 aliphatic heterocycles. The average Bonchev–Trinajstić information content (AvgIpc) is 2.63. The molecule has 28 heavy (non-hydrogen) atoms. The fourth-order valence-electron chi connectivity index (χ4n) is 2.44. The van der Waals surface area contributed by atoms with Crippen LogP contribution in [0.4, 0.5) is 18.9 Å². The number of rotatable bonds is 4. The van der Waals surface area contributed by atoms with Crippen LogP contribution in [0.3, 0.4) is 0 Å². The fraction of sp³-hybridized carbons (Fsp3) is 0.211. The van der Waals surface area contributed by atoms with Crippen LogP contribution >= 0.6 is 27.7 Å². The van der Waals surface area contributed by atoms with Crippen molar-refractivity contribution in [2.75, 3.05) is 5.32 Å². The summed E-state index contributed by atoms with van der Waals surface area (Å²) in [6, 6.07) is 11.9. The number of para-hydroxylation sites is 1. The van der Waals surface area contributed by atoms with Gasteiger partial charge in [0.1, 0.15) is 5.03 Å². The second-order valence-electron chi connectivity index (χ2n) is 6.10. The Labute approximate surface area is 172 Å². The van der Waals surface area contributed by atoms with Gasteiger partial charge in [0.2, 0.25) is 11.7 Å². The van der Waals surface area contributed by atoms with Gasteiger partial charge in [-0.1, -0.05) is 36.0 Å². The van der Waals surface area contributed by atoms with Gasteiger partial charge in [0, 0.05) is 9.86 Å². The first-order valence-electron chi connectivity index (χ1n) is 8.23. The molecule has 1 N–H and O–H groups in total. The molecule has 146 valence electrons. The number of aryl methyl sites for hydroxylation is 1. The molecular formula is C19H15BrF3N3OS. The number of carbonyl (C=O) groups excluding carboxylic acids is 1. The topological polar surface area (TPSA) is 54.9 Å². The van der Waals surface area contributed by atoms with E-state index >= 15 is 0 Å². The van der Waals surface area contributed by atoms with Gasteiger partial charge in [-0.05, 0) is 53.5 Å². The molecule has 1 amide bonds. The van der Waals surface area contributed by atoms with Gasteiger partial charge in [-0.3, -0.25) is 4.79 Å². The zero-order valence-corrected chi connectivity index (χ0v) is 17.2. The van der Waals surface area contributed by atoms with Crippen LogP contribution in [-0.2, 0) is 11.0 Å². The Hall–Kier alpha value is -2.13. The molecule has 3 rings (SSSR count). The van der Waals surface area contributed by atoms with E-state index in [0.29, 0.717) is 11.1 Å². The normalized spacial score (nSPS) is 12.8. The Morgan fingerprint density at radius 1 is 1.18 bits per heavy atom. The first kappa shape index (κ1) is 20.6. The number of hydrogen-bond donors (Lipinski definition) is 1. The number of nitrogens with zero attached hydrogens (tertiary/aromatic N) is 2. The van der Waals surface area contributed by atoms with E-state index in [-0.39, 0.29) is 16.4 Å². The van der Waals surface area contributed by atoms with Crippen molar-refractivity contribution >= 4 is 50.2 Å². The largest absolute Gasteiger partial charge is 0.451 e. The van der Waals surface area contributed by atoms with Gasteiger partial charge in [-0.25, -0.2) is 9.97 Å². The van der Waals surface area contributed by atoms with Crippen molar-refractivity contribution in [3.8, 4) is 0 Å². The standard InChI is InChI=1S/C19H15BrF3N3OS/c1-10-7-8-15(13(20)9-10)24-16(27)11(2)28-17-12-5-3-4-6-14(12)25-18(26-17)19(21,22)23/h3-9,11H,1-2H3,(H,24,27). The molecule has 1 aromatic heterocycles. The van der Waals surface area contributed by atoms with Gasteiger partial charge >= 0.3 is 6.18 Å². The van der Waals surface area contributed by atoms with Crippen molar-refractivity contribution < 1.29 is 18.0 Å². The highest BCUT2D eigenvalue weighted by molar-refractivity contribution is 9.10. The highest BCUT2D eigenvalue weighted by atomic mass is 79.9. The minimum Gasteiger partial charge on any atom is -0.324 e. The Morgan fingerprint density at radius 3 is 2.57 bits per heavy atom. The molecule has 0 radical (unpaired) electrons. The van der Waals surface area contributed by atoms with Crippen molar-refractivity contribution in [1.82, 2.24) is 9.97 Å². The molecule has 1 atom stereocenters. The van der Waals surface area contributed by atoms with Crippen LogP contribution in [-0.4, -0.2) is 21.1 Å². The predicted molar refractivity (Wildman–Crippen MR) is 107 cm³/mol. The van der Waals surface area contributed by atoms with Crippen LogP contribution in [0.5, 0.6) is 0 Å². The van der Waals surface area contributed by atoms with E-state index in [1.54, 1.807) is 31.2 Å². The van der Waals surface area contributed by atoms with Crippen LogP contribution in [0, 0.1) is 6.92 Å². The predicted octanol–water partition coefficient (Wildman–Crippen LogP) is 5.84. The number of aromatic nitrogens is 2. The number of alkyl halides is 3. The Bertz CT molecular complexity index is 1040. The highest BCUT2D eigenvalue weighted by Crippen LogP contribution is 2.34. The molecule has 0 saturated carbocycles. The summed E-state index contributed by atoms with van der Waals surface area (Å²) in [5.74, 6) is -1.56. The molecule has 0 saturated heterocycles. The number of hydrogen-bond acceptors (Lipinski definition) is 4. The van der Waals surface area contributed by atoms with Crippen molar-refractivity contribution in [2.24, 2.45) is 0 Å². The molecule has 0 aliphatic rings. The lowest BCUT2D eigenvalue weighted by Gasteiger charge is -2.15. The number of fused-ring (bicyclic) bond motifs is 1. The van der Waals surface area contributed by atoms with Gasteiger partial charge in [0.15, 0.2) is 0 Å². The summed E-state index contributed by atoms with van der Waals surface area (Å²) in [7, 11) is 0. The van der Waals surface area contributed by atoms with E-state index in [1.165, 1.54) is 6.07 Å². The molecular weight excluding hydrogens is 455 g/mol. The second-order valence-corrected chi connectivity index (χ2v) is 8.28. The third kappa shape index (κ3) is 4.64. The summed E-state index contributed by atoms with van der Waals surface area (Å²) in [5.41, 5.74) is 1.80. The second kappa shape index (κ2) is 8.08. The number of thioether (sulfide) groups is 1. The summed E-state index contributed by atoms with van der Waals surface area (Å²) in [4.78, 5) is 19.8. The first-order chi connectivity index (χ1) is 13.1. The summed E-state index contributed by atoms with van der Waals surface area (Å²) < 4.78 is 40.1. The van der Waals surface area contributed by atoms with Crippen molar-refractivity contribution in [1.29, 1.82) is 0 Å². The maximum atomic E-state index is 13.1. The fourth-order valence-corrected chi connectivity index (χ4v) is 3.97. The molecule has 3 aromatic rings. The van der Waals surface area contributed by atoms with Crippen molar-refractivity contribution in [2.45, 2.75) is 30.3 Å². The lowest BCUT2D eigenvalue weighted by atomic mass is 10.2. The highest BCUT2D eigenvalue weighted by Gasteiger charge is 2.36.